The zero-order valence-electron chi connectivity index (χ0n) is 14.9. The minimum atomic E-state index is -0.446. The summed E-state index contributed by atoms with van der Waals surface area (Å²) in [4.78, 5) is 22.9. The number of rotatable bonds is 6. The van der Waals surface area contributed by atoms with Gasteiger partial charge < -0.3 is 18.6 Å². The van der Waals surface area contributed by atoms with Gasteiger partial charge in [0, 0.05) is 23.4 Å². The van der Waals surface area contributed by atoms with Crippen molar-refractivity contribution >= 4 is 16.9 Å². The maximum atomic E-state index is 11.5. The van der Waals surface area contributed by atoms with Crippen LogP contribution in [0, 0.1) is 0 Å². The van der Waals surface area contributed by atoms with Gasteiger partial charge in [-0.05, 0) is 44.2 Å². The van der Waals surface area contributed by atoms with Gasteiger partial charge in [-0.25, -0.2) is 9.59 Å². The SMILES string of the molecule is COc1c(OCC=C(C)CC2C=C(C)C(=O)O2)ccc2ccc(=O)oc12. The first-order valence-corrected chi connectivity index (χ1v) is 8.26. The smallest absolute Gasteiger partial charge is 0.336 e. The molecule has 0 N–H and O–H groups in total. The van der Waals surface area contributed by atoms with E-state index in [0.29, 0.717) is 35.7 Å². The second-order valence-corrected chi connectivity index (χ2v) is 6.13. The zero-order valence-corrected chi connectivity index (χ0v) is 14.9. The van der Waals surface area contributed by atoms with E-state index < -0.39 is 5.63 Å². The molecular weight excluding hydrogens is 336 g/mol. The van der Waals surface area contributed by atoms with Crippen LogP contribution >= 0.6 is 0 Å². The van der Waals surface area contributed by atoms with Gasteiger partial charge in [0.2, 0.25) is 5.75 Å². The monoisotopic (exact) mass is 356 g/mol. The Morgan fingerprint density at radius 1 is 1.23 bits per heavy atom. The number of hydrogen-bond acceptors (Lipinski definition) is 6. The minimum Gasteiger partial charge on any atom is -0.490 e. The third kappa shape index (κ3) is 3.79. The van der Waals surface area contributed by atoms with Crippen LogP contribution in [0.25, 0.3) is 11.0 Å². The third-order valence-electron chi connectivity index (χ3n) is 4.12. The van der Waals surface area contributed by atoms with Gasteiger partial charge in [0.15, 0.2) is 11.3 Å². The average Bonchev–Trinajstić information content (AvgIpc) is 2.91. The molecule has 1 aliphatic rings. The van der Waals surface area contributed by atoms with Gasteiger partial charge in [-0.15, -0.1) is 0 Å². The number of esters is 1. The lowest BCUT2D eigenvalue weighted by molar-refractivity contribution is -0.139. The van der Waals surface area contributed by atoms with Gasteiger partial charge in [0.05, 0.1) is 7.11 Å². The number of carbonyl (C=O) groups excluding carboxylic acids is 1. The molecule has 0 radical (unpaired) electrons. The number of ether oxygens (including phenoxy) is 3. The van der Waals surface area contributed by atoms with Crippen LogP contribution in [0.15, 0.2) is 56.8 Å². The van der Waals surface area contributed by atoms with Crippen LogP contribution in [0.1, 0.15) is 20.3 Å². The maximum absolute atomic E-state index is 11.5. The Kier molecular flexibility index (Phi) is 5.11. The molecule has 6 nitrogen and oxygen atoms in total. The number of carbonyl (C=O) groups is 1. The number of fused-ring (bicyclic) bond motifs is 1. The summed E-state index contributed by atoms with van der Waals surface area (Å²) < 4.78 is 21.6. The summed E-state index contributed by atoms with van der Waals surface area (Å²) in [5.41, 5.74) is 1.59. The van der Waals surface area contributed by atoms with E-state index in [2.05, 4.69) is 0 Å². The summed E-state index contributed by atoms with van der Waals surface area (Å²) in [5, 5.41) is 0.755. The summed E-state index contributed by atoms with van der Waals surface area (Å²) >= 11 is 0. The summed E-state index contributed by atoms with van der Waals surface area (Å²) in [6.07, 6.45) is 4.15. The molecule has 1 atom stereocenters. The summed E-state index contributed by atoms with van der Waals surface area (Å²) in [5.74, 6) is 0.609. The Balaban J connectivity index is 1.69. The maximum Gasteiger partial charge on any atom is 0.336 e. The highest BCUT2D eigenvalue weighted by Gasteiger charge is 2.22. The normalized spacial score (nSPS) is 17.2. The molecule has 0 spiro atoms. The van der Waals surface area contributed by atoms with Gasteiger partial charge in [-0.1, -0.05) is 5.57 Å². The van der Waals surface area contributed by atoms with Crippen molar-refractivity contribution in [1.82, 2.24) is 0 Å². The van der Waals surface area contributed by atoms with Gasteiger partial charge in [0.1, 0.15) is 12.7 Å². The first-order valence-electron chi connectivity index (χ1n) is 8.26. The quantitative estimate of drug-likeness (QED) is 0.449. The molecule has 0 fully saturated rings. The second kappa shape index (κ2) is 7.47. The fourth-order valence-corrected chi connectivity index (χ4v) is 2.78. The fourth-order valence-electron chi connectivity index (χ4n) is 2.78. The third-order valence-corrected chi connectivity index (χ3v) is 4.12. The molecule has 0 aliphatic carbocycles. The van der Waals surface area contributed by atoms with E-state index in [-0.39, 0.29) is 12.1 Å². The molecule has 136 valence electrons. The Morgan fingerprint density at radius 3 is 2.69 bits per heavy atom. The lowest BCUT2D eigenvalue weighted by Crippen LogP contribution is -2.08. The lowest BCUT2D eigenvalue weighted by atomic mass is 10.1. The Labute approximate surface area is 150 Å². The van der Waals surface area contributed by atoms with Gasteiger partial charge in [-0.2, -0.15) is 0 Å². The lowest BCUT2D eigenvalue weighted by Gasteiger charge is -2.12. The molecule has 6 heteroatoms. The molecule has 1 unspecified atom stereocenters. The Bertz CT molecular complexity index is 950. The first kappa shape index (κ1) is 17.8. The zero-order chi connectivity index (χ0) is 18.7. The molecule has 0 bridgehead atoms. The molecule has 1 aromatic carbocycles. The fraction of sp³-hybridized carbons (Fsp3) is 0.300. The summed E-state index contributed by atoms with van der Waals surface area (Å²) in [7, 11) is 1.50. The van der Waals surface area contributed by atoms with E-state index in [9.17, 15) is 9.59 Å². The van der Waals surface area contributed by atoms with Crippen LogP contribution in [0.4, 0.5) is 0 Å². The molecular formula is C20H20O6. The van der Waals surface area contributed by atoms with Crippen LogP contribution in [-0.2, 0) is 9.53 Å². The van der Waals surface area contributed by atoms with Crippen molar-refractivity contribution < 1.29 is 23.4 Å². The number of cyclic esters (lactones) is 1. The molecule has 26 heavy (non-hydrogen) atoms. The minimum absolute atomic E-state index is 0.219. The predicted octanol–water partition coefficient (Wildman–Crippen LogP) is 3.39. The molecule has 2 heterocycles. The molecule has 3 rings (SSSR count). The van der Waals surface area contributed by atoms with E-state index in [1.165, 1.54) is 13.2 Å². The van der Waals surface area contributed by atoms with Crippen molar-refractivity contribution in [3.8, 4) is 11.5 Å². The average molecular weight is 356 g/mol. The second-order valence-electron chi connectivity index (χ2n) is 6.13. The Morgan fingerprint density at radius 2 is 2.00 bits per heavy atom. The highest BCUT2D eigenvalue weighted by atomic mass is 16.5. The van der Waals surface area contributed by atoms with Crippen molar-refractivity contribution in [2.75, 3.05) is 13.7 Å². The number of methoxy groups -OCH3 is 1. The van der Waals surface area contributed by atoms with Gasteiger partial charge >= 0.3 is 11.6 Å². The summed E-state index contributed by atoms with van der Waals surface area (Å²) in [6, 6.07) is 6.61. The van der Waals surface area contributed by atoms with Gasteiger partial charge in [-0.3, -0.25) is 0 Å². The highest BCUT2D eigenvalue weighted by molar-refractivity contribution is 5.90. The molecule has 0 saturated carbocycles. The van der Waals surface area contributed by atoms with E-state index in [1.807, 2.05) is 19.1 Å². The van der Waals surface area contributed by atoms with E-state index in [4.69, 9.17) is 18.6 Å². The van der Waals surface area contributed by atoms with E-state index in [1.54, 1.807) is 25.1 Å². The van der Waals surface area contributed by atoms with Crippen LogP contribution in [0.3, 0.4) is 0 Å². The van der Waals surface area contributed by atoms with Crippen LogP contribution in [0.5, 0.6) is 11.5 Å². The standard InChI is InChI=1S/C20H20O6/c1-12(10-15-11-13(2)20(22)25-15)8-9-24-16-6-4-14-5-7-17(21)26-18(14)19(16)23-3/h4-8,11,15H,9-10H2,1-3H3. The largest absolute Gasteiger partial charge is 0.490 e. The Hall–Kier alpha value is -3.02. The highest BCUT2D eigenvalue weighted by Crippen LogP contribution is 2.34. The van der Waals surface area contributed by atoms with Crippen molar-refractivity contribution in [1.29, 1.82) is 0 Å². The van der Waals surface area contributed by atoms with E-state index >= 15 is 0 Å². The molecule has 0 saturated heterocycles. The van der Waals surface area contributed by atoms with Crippen LogP contribution in [0.2, 0.25) is 0 Å². The van der Waals surface area contributed by atoms with Crippen molar-refractivity contribution in [3.05, 3.63) is 58.0 Å². The molecule has 1 aliphatic heterocycles. The van der Waals surface area contributed by atoms with Crippen LogP contribution < -0.4 is 15.1 Å². The molecule has 1 aromatic heterocycles. The molecule has 2 aromatic rings. The van der Waals surface area contributed by atoms with Crippen molar-refractivity contribution in [3.63, 3.8) is 0 Å². The predicted molar refractivity (Wildman–Crippen MR) is 96.5 cm³/mol. The molecule has 0 amide bonds. The van der Waals surface area contributed by atoms with Crippen LogP contribution in [-0.4, -0.2) is 25.8 Å². The van der Waals surface area contributed by atoms with Gasteiger partial charge in [0.25, 0.3) is 0 Å². The first-order chi connectivity index (χ1) is 12.5. The topological polar surface area (TPSA) is 75.0 Å². The van der Waals surface area contributed by atoms with Crippen molar-refractivity contribution in [2.24, 2.45) is 0 Å². The number of benzene rings is 1. The van der Waals surface area contributed by atoms with E-state index in [0.717, 1.165) is 11.0 Å². The summed E-state index contributed by atoms with van der Waals surface area (Å²) in [6.45, 7) is 4.01. The van der Waals surface area contributed by atoms with Crippen molar-refractivity contribution in [2.45, 2.75) is 26.4 Å². The number of hydrogen-bond donors (Lipinski definition) is 0.